The molecule has 9 heteroatoms. The van der Waals surface area contributed by atoms with Gasteiger partial charge in [-0.05, 0) is 67.3 Å². The predicted octanol–water partition coefficient (Wildman–Crippen LogP) is 4.16. The summed E-state index contributed by atoms with van der Waals surface area (Å²) in [6, 6.07) is 40.0. The van der Waals surface area contributed by atoms with Crippen LogP contribution in [-0.2, 0) is 44.9 Å². The van der Waals surface area contributed by atoms with Crippen LogP contribution >= 0.6 is 0 Å². The minimum atomic E-state index is -0.556. The normalized spacial score (nSPS) is 21.6. The highest BCUT2D eigenvalue weighted by molar-refractivity contribution is 6.36. The van der Waals surface area contributed by atoms with Crippen LogP contribution in [0.3, 0.4) is 0 Å². The van der Waals surface area contributed by atoms with Crippen LogP contribution in [0.5, 0.6) is 0 Å². The van der Waals surface area contributed by atoms with E-state index >= 15 is 0 Å². The fourth-order valence-electron chi connectivity index (χ4n) is 8.37. The summed E-state index contributed by atoms with van der Waals surface area (Å²) in [7, 11) is 0. The molecule has 3 fully saturated rings. The van der Waals surface area contributed by atoms with Crippen LogP contribution in [0, 0.1) is 0 Å². The van der Waals surface area contributed by atoms with E-state index in [0.29, 0.717) is 58.4 Å². The fraction of sp³-hybridized carbons (Fsp3) is 0.364. The molecule has 3 aliphatic rings. The number of carbonyl (C=O) groups excluding carboxylic acids is 4. The summed E-state index contributed by atoms with van der Waals surface area (Å²) in [5.41, 5.74) is 4.48. The largest absolute Gasteiger partial charge is 0.346 e. The Labute approximate surface area is 312 Å². The molecule has 0 aliphatic carbocycles. The molecule has 0 spiro atoms. The zero-order valence-electron chi connectivity index (χ0n) is 30.3. The third-order valence-electron chi connectivity index (χ3n) is 11.2. The van der Waals surface area contributed by atoms with E-state index in [1.807, 2.05) is 77.7 Å². The maximum absolute atomic E-state index is 14.3. The smallest absolute Gasteiger partial charge is 0.312 e. The summed E-state index contributed by atoms with van der Waals surface area (Å²) in [6.45, 7) is 3.15. The molecule has 9 nitrogen and oxygen atoms in total. The molecular weight excluding hydrogens is 663 g/mol. The number of likely N-dealkylation sites (tertiary alicyclic amines) is 1. The summed E-state index contributed by atoms with van der Waals surface area (Å²) in [4.78, 5) is 62.2. The lowest BCUT2D eigenvalue weighted by Gasteiger charge is -2.45. The van der Waals surface area contributed by atoms with Crippen molar-refractivity contribution >= 4 is 23.6 Å². The van der Waals surface area contributed by atoms with E-state index in [2.05, 4.69) is 58.7 Å². The molecule has 7 rings (SSSR count). The van der Waals surface area contributed by atoms with E-state index in [-0.39, 0.29) is 24.2 Å². The standard InChI is InChI=1S/C44H49N5O4/c50-41-42(51)48(38(29-45-41)26-34-16-7-2-8-17-34)31-37-22-13-24-46(37)30-39(27-35-18-9-3-10-19-35)49-32-40(28-36-20-11-4-12-21-36)47(43(52)44(49)53)25-23-33-14-5-1-6-15-33/h1-12,14-21,37-40H,13,22-32H2,(H,45,50)/t37-,38-,39-,40-/m0/s1. The van der Waals surface area contributed by atoms with Gasteiger partial charge in [0.15, 0.2) is 0 Å². The van der Waals surface area contributed by atoms with Gasteiger partial charge in [-0.25, -0.2) is 0 Å². The fourth-order valence-corrected chi connectivity index (χ4v) is 8.37. The number of nitrogens with one attached hydrogen (secondary N) is 1. The monoisotopic (exact) mass is 711 g/mol. The minimum absolute atomic E-state index is 0.0273. The van der Waals surface area contributed by atoms with E-state index in [1.54, 1.807) is 9.80 Å². The predicted molar refractivity (Wildman–Crippen MR) is 205 cm³/mol. The Morgan fingerprint density at radius 1 is 0.604 bits per heavy atom. The van der Waals surface area contributed by atoms with E-state index in [9.17, 15) is 19.2 Å². The molecule has 0 radical (unpaired) electrons. The summed E-state index contributed by atoms with van der Waals surface area (Å²) >= 11 is 0. The van der Waals surface area contributed by atoms with Gasteiger partial charge in [0.25, 0.3) is 0 Å². The van der Waals surface area contributed by atoms with Gasteiger partial charge in [0.1, 0.15) is 0 Å². The van der Waals surface area contributed by atoms with Crippen LogP contribution in [0.25, 0.3) is 0 Å². The van der Waals surface area contributed by atoms with Crippen molar-refractivity contribution in [2.75, 3.05) is 39.3 Å². The zero-order chi connectivity index (χ0) is 36.6. The molecule has 0 bridgehead atoms. The Bertz CT molecular complexity index is 1840. The molecule has 3 heterocycles. The van der Waals surface area contributed by atoms with Crippen molar-refractivity contribution in [1.29, 1.82) is 0 Å². The first-order chi connectivity index (χ1) is 25.9. The molecule has 0 unspecified atom stereocenters. The number of hydrogen-bond donors (Lipinski definition) is 1. The molecule has 0 saturated carbocycles. The molecule has 4 aromatic rings. The third kappa shape index (κ3) is 8.86. The zero-order valence-corrected chi connectivity index (χ0v) is 30.3. The van der Waals surface area contributed by atoms with Crippen LogP contribution in [-0.4, -0.2) is 107 Å². The average molecular weight is 712 g/mol. The molecule has 274 valence electrons. The highest BCUT2D eigenvalue weighted by atomic mass is 16.2. The summed E-state index contributed by atoms with van der Waals surface area (Å²) < 4.78 is 0. The average Bonchev–Trinajstić information content (AvgIpc) is 3.63. The molecule has 4 amide bonds. The van der Waals surface area contributed by atoms with E-state index in [0.717, 1.165) is 41.6 Å². The van der Waals surface area contributed by atoms with Crippen molar-refractivity contribution in [3.05, 3.63) is 144 Å². The van der Waals surface area contributed by atoms with E-state index in [1.165, 1.54) is 0 Å². The number of benzene rings is 4. The first kappa shape index (κ1) is 36.1. The molecule has 3 aliphatic heterocycles. The first-order valence-electron chi connectivity index (χ1n) is 19.0. The highest BCUT2D eigenvalue weighted by Crippen LogP contribution is 2.26. The number of piperazine rings is 2. The molecule has 53 heavy (non-hydrogen) atoms. The first-order valence-corrected chi connectivity index (χ1v) is 19.0. The molecular formula is C44H49N5O4. The molecule has 3 saturated heterocycles. The topological polar surface area (TPSA) is 93.3 Å². The lowest BCUT2D eigenvalue weighted by molar-refractivity contribution is -0.161. The molecule has 1 N–H and O–H groups in total. The second-order valence-electron chi connectivity index (χ2n) is 14.7. The summed E-state index contributed by atoms with van der Waals surface area (Å²) in [5, 5.41) is 2.80. The quantitative estimate of drug-likeness (QED) is 0.199. The van der Waals surface area contributed by atoms with Crippen LogP contribution in [0.1, 0.15) is 35.1 Å². The molecule has 4 aromatic carbocycles. The van der Waals surface area contributed by atoms with Crippen molar-refractivity contribution in [2.45, 2.75) is 62.7 Å². The van der Waals surface area contributed by atoms with Gasteiger partial charge in [-0.1, -0.05) is 121 Å². The number of carbonyl (C=O) groups is 4. The Morgan fingerprint density at radius 2 is 1.17 bits per heavy atom. The van der Waals surface area contributed by atoms with Gasteiger partial charge in [-0.3, -0.25) is 24.1 Å². The lowest BCUT2D eigenvalue weighted by Crippen LogP contribution is -2.65. The van der Waals surface area contributed by atoms with Crippen molar-refractivity contribution < 1.29 is 19.2 Å². The second-order valence-corrected chi connectivity index (χ2v) is 14.7. The van der Waals surface area contributed by atoms with E-state index in [4.69, 9.17) is 0 Å². The van der Waals surface area contributed by atoms with Gasteiger partial charge in [0, 0.05) is 44.8 Å². The highest BCUT2D eigenvalue weighted by Gasteiger charge is 2.43. The molecule has 0 aromatic heterocycles. The van der Waals surface area contributed by atoms with Crippen LogP contribution in [0.4, 0.5) is 0 Å². The van der Waals surface area contributed by atoms with Gasteiger partial charge in [-0.2, -0.15) is 0 Å². The van der Waals surface area contributed by atoms with Gasteiger partial charge in [-0.15, -0.1) is 0 Å². The van der Waals surface area contributed by atoms with Crippen LogP contribution < -0.4 is 5.32 Å². The maximum atomic E-state index is 14.3. The number of rotatable bonds is 14. The lowest BCUT2D eigenvalue weighted by atomic mass is 9.97. The van der Waals surface area contributed by atoms with E-state index < -0.39 is 23.6 Å². The van der Waals surface area contributed by atoms with Crippen LogP contribution in [0.2, 0.25) is 0 Å². The number of hydrogen-bond acceptors (Lipinski definition) is 5. The van der Waals surface area contributed by atoms with Gasteiger partial charge < -0.3 is 20.0 Å². The van der Waals surface area contributed by atoms with Gasteiger partial charge in [0.2, 0.25) is 0 Å². The minimum Gasteiger partial charge on any atom is -0.346 e. The Hall–Kier alpha value is -5.28. The Balaban J connectivity index is 1.13. The summed E-state index contributed by atoms with van der Waals surface area (Å²) in [6.07, 6.45) is 4.43. The summed E-state index contributed by atoms with van der Waals surface area (Å²) in [5.74, 6) is -1.94. The maximum Gasteiger partial charge on any atom is 0.312 e. The SMILES string of the molecule is O=C1NC[C@H](Cc2ccccc2)N(C[C@@H]2CCCN2C[C@H](Cc2ccccc2)N2C[C@H](Cc3ccccc3)N(CCc3ccccc3)C(=O)C2=O)C1=O. The van der Waals surface area contributed by atoms with Crippen molar-refractivity contribution in [3.63, 3.8) is 0 Å². The Morgan fingerprint density at radius 3 is 1.79 bits per heavy atom. The van der Waals surface area contributed by atoms with Gasteiger partial charge >= 0.3 is 23.6 Å². The Kier molecular flexibility index (Phi) is 11.6. The van der Waals surface area contributed by atoms with Crippen molar-refractivity contribution in [2.24, 2.45) is 0 Å². The number of nitrogens with zero attached hydrogens (tertiary/aromatic N) is 4. The van der Waals surface area contributed by atoms with Gasteiger partial charge in [0.05, 0.1) is 12.1 Å². The van der Waals surface area contributed by atoms with Crippen LogP contribution in [0.15, 0.2) is 121 Å². The second kappa shape index (κ2) is 17.0. The van der Waals surface area contributed by atoms with Crippen molar-refractivity contribution in [1.82, 2.24) is 24.9 Å². The third-order valence-corrected chi connectivity index (χ3v) is 11.2. The number of amides is 4. The molecule has 4 atom stereocenters. The van der Waals surface area contributed by atoms with Crippen molar-refractivity contribution in [3.8, 4) is 0 Å².